The summed E-state index contributed by atoms with van der Waals surface area (Å²) in [5, 5.41) is -3.85. The second-order valence-corrected chi connectivity index (χ2v) is 9.16. The number of halogens is 6. The molecule has 3 nitrogen and oxygen atoms in total. The molecule has 1 aliphatic rings. The molecule has 3 rings (SSSR count). The molecular weight excluding hydrogens is 537 g/mol. The first-order chi connectivity index (χ1) is 18.3. The zero-order valence-corrected chi connectivity index (χ0v) is 24.3. The molecule has 218 valence electrons. The molecule has 0 saturated heterocycles. The van der Waals surface area contributed by atoms with E-state index in [2.05, 4.69) is 27.0 Å². The lowest BCUT2D eigenvalue weighted by molar-refractivity contribution is -0.137. The minimum atomic E-state index is -4.65. The van der Waals surface area contributed by atoms with Crippen LogP contribution in [-0.2, 0) is 10.9 Å². The number of rotatable bonds is 7. The van der Waals surface area contributed by atoms with Crippen molar-refractivity contribution in [2.75, 3.05) is 18.6 Å². The van der Waals surface area contributed by atoms with Crippen molar-refractivity contribution >= 4 is 17.3 Å². The minimum Gasteiger partial charge on any atom is -0.496 e. The molecular formula is C30H39ClF5NO2. The van der Waals surface area contributed by atoms with Gasteiger partial charge >= 0.3 is 11.6 Å². The molecule has 0 unspecified atom stereocenters. The van der Waals surface area contributed by atoms with Crippen LogP contribution in [-0.4, -0.2) is 19.1 Å². The fourth-order valence-electron chi connectivity index (χ4n) is 4.01. The first-order valence-corrected chi connectivity index (χ1v) is 13.4. The maximum absolute atomic E-state index is 13.9. The molecule has 0 bridgehead atoms. The van der Waals surface area contributed by atoms with Gasteiger partial charge in [0.2, 0.25) is 0 Å². The van der Waals surface area contributed by atoms with Crippen LogP contribution in [0.15, 0.2) is 61.0 Å². The largest absolute Gasteiger partial charge is 0.496 e. The van der Waals surface area contributed by atoms with Crippen LogP contribution in [0.5, 0.6) is 5.75 Å². The van der Waals surface area contributed by atoms with Crippen molar-refractivity contribution in [3.05, 3.63) is 83.2 Å². The summed E-state index contributed by atoms with van der Waals surface area (Å²) in [7, 11) is 1.46. The van der Waals surface area contributed by atoms with Gasteiger partial charge in [0.15, 0.2) is 0 Å². The maximum Gasteiger partial charge on any atom is 0.416 e. The second kappa shape index (κ2) is 15.3. The van der Waals surface area contributed by atoms with Crippen molar-refractivity contribution in [3.8, 4) is 5.75 Å². The number of unbranched alkanes of at least 4 members (excludes halogenated alkanes) is 3. The lowest BCUT2D eigenvalue weighted by Crippen LogP contribution is -2.30. The van der Waals surface area contributed by atoms with Gasteiger partial charge in [-0.1, -0.05) is 78.7 Å². The Morgan fingerprint density at radius 1 is 1.05 bits per heavy atom. The Kier molecular flexibility index (Phi) is 13.5. The second-order valence-electron chi connectivity index (χ2n) is 8.69. The lowest BCUT2D eigenvalue weighted by atomic mass is 9.93. The third-order valence-corrected chi connectivity index (χ3v) is 6.21. The molecule has 2 aromatic rings. The summed E-state index contributed by atoms with van der Waals surface area (Å²) < 4.78 is 79.3. The van der Waals surface area contributed by atoms with Crippen LogP contribution < -0.4 is 9.64 Å². The molecule has 0 aromatic heterocycles. The van der Waals surface area contributed by atoms with E-state index in [1.807, 2.05) is 13.8 Å². The Labute approximate surface area is 234 Å². The quantitative estimate of drug-likeness (QED) is 0.186. The van der Waals surface area contributed by atoms with Crippen LogP contribution in [0.1, 0.15) is 81.7 Å². The zero-order chi connectivity index (χ0) is 30.0. The van der Waals surface area contributed by atoms with Crippen molar-refractivity contribution in [3.63, 3.8) is 0 Å². The van der Waals surface area contributed by atoms with Gasteiger partial charge in [-0.25, -0.2) is 0 Å². The van der Waals surface area contributed by atoms with Gasteiger partial charge < -0.3 is 14.4 Å². The third-order valence-electron chi connectivity index (χ3n) is 5.99. The van der Waals surface area contributed by atoms with E-state index in [1.54, 1.807) is 25.1 Å². The Hall–Kier alpha value is -2.58. The van der Waals surface area contributed by atoms with E-state index in [0.717, 1.165) is 23.1 Å². The number of hydrogen-bond acceptors (Lipinski definition) is 3. The molecule has 0 amide bonds. The van der Waals surface area contributed by atoms with E-state index in [-0.39, 0.29) is 23.6 Å². The monoisotopic (exact) mass is 575 g/mol. The molecule has 0 saturated carbocycles. The maximum atomic E-state index is 13.9. The fraction of sp³-hybridized carbons (Fsp3) is 0.467. The normalized spacial score (nSPS) is 15.2. The lowest BCUT2D eigenvalue weighted by Gasteiger charge is -2.30. The first-order valence-electron chi connectivity index (χ1n) is 13.0. The summed E-state index contributed by atoms with van der Waals surface area (Å²) in [6, 6.07) is 7.82. The van der Waals surface area contributed by atoms with Crippen LogP contribution in [0.3, 0.4) is 0 Å². The Morgan fingerprint density at radius 2 is 1.64 bits per heavy atom. The topological polar surface area (TPSA) is 21.7 Å². The number of methoxy groups -OCH3 is 1. The molecule has 39 heavy (non-hydrogen) atoms. The van der Waals surface area contributed by atoms with Crippen molar-refractivity contribution < 1.29 is 31.4 Å². The number of hydrogen-bond donors (Lipinski definition) is 0. The van der Waals surface area contributed by atoms with Crippen LogP contribution in [0.4, 0.5) is 27.6 Å². The molecule has 0 spiro atoms. The van der Waals surface area contributed by atoms with E-state index in [4.69, 9.17) is 21.1 Å². The standard InChI is InChI=1S/C22H19ClF5NO2.C6H14.C2H6/c1-12-11-31-20(16-6-5-7-19(30-4)13(16)2)17-10-15(22(26,27)28)8-9-18(17)29(12)14(3)21(23,24)25;1-3-5-6-4-2;1-2/h5-10,20H,1,3,11H2,2,4H3;3-6H2,1-2H3;1-2H3/t20-;;/m1../s1. The minimum absolute atomic E-state index is 0.0203. The van der Waals surface area contributed by atoms with Crippen LogP contribution in [0.25, 0.3) is 0 Å². The number of anilines is 1. The predicted molar refractivity (Wildman–Crippen MR) is 150 cm³/mol. The van der Waals surface area contributed by atoms with E-state index < -0.39 is 28.9 Å². The number of benzene rings is 2. The highest BCUT2D eigenvalue weighted by atomic mass is 35.5. The third kappa shape index (κ3) is 8.97. The van der Waals surface area contributed by atoms with Crippen LogP contribution >= 0.6 is 11.6 Å². The van der Waals surface area contributed by atoms with Crippen LogP contribution in [0, 0.1) is 6.92 Å². The molecule has 1 aliphatic heterocycles. The van der Waals surface area contributed by atoms with Gasteiger partial charge in [0.25, 0.3) is 0 Å². The summed E-state index contributed by atoms with van der Waals surface area (Å²) >= 11 is 5.17. The molecule has 0 fully saturated rings. The van der Waals surface area contributed by atoms with Gasteiger partial charge in [0, 0.05) is 11.3 Å². The summed E-state index contributed by atoms with van der Waals surface area (Å²) in [6.45, 7) is 17.0. The van der Waals surface area contributed by atoms with Crippen LogP contribution in [0.2, 0.25) is 0 Å². The number of fused-ring (bicyclic) bond motifs is 1. The van der Waals surface area contributed by atoms with Gasteiger partial charge in [0.05, 0.1) is 25.0 Å². The number of alkyl halides is 6. The molecule has 1 heterocycles. The summed E-state index contributed by atoms with van der Waals surface area (Å²) in [4.78, 5) is 0.942. The highest BCUT2D eigenvalue weighted by molar-refractivity contribution is 6.23. The molecule has 2 aromatic carbocycles. The molecule has 0 aliphatic carbocycles. The molecule has 1 atom stereocenters. The van der Waals surface area contributed by atoms with E-state index in [1.165, 1.54) is 32.8 Å². The summed E-state index contributed by atoms with van der Waals surface area (Å²) in [6.07, 6.45) is -0.120. The van der Waals surface area contributed by atoms with Gasteiger partial charge in [-0.2, -0.15) is 22.0 Å². The zero-order valence-electron chi connectivity index (χ0n) is 23.5. The SMILES string of the molecule is C=C1CO[C@H](c2cccc(OC)c2C)c2cc(C(F)(F)F)ccc2N1C(=C)C(F)(F)Cl.CC.CCCCCC. The molecule has 0 radical (unpaired) electrons. The number of allylic oxidation sites excluding steroid dienone is 1. The Morgan fingerprint density at radius 3 is 2.13 bits per heavy atom. The van der Waals surface area contributed by atoms with Gasteiger partial charge in [-0.05, 0) is 53.9 Å². The van der Waals surface area contributed by atoms with Gasteiger partial charge in [-0.3, -0.25) is 0 Å². The highest BCUT2D eigenvalue weighted by Gasteiger charge is 2.40. The van der Waals surface area contributed by atoms with Gasteiger partial charge in [0.1, 0.15) is 17.6 Å². The number of ether oxygens (including phenoxy) is 2. The fourth-order valence-corrected chi connectivity index (χ4v) is 4.09. The molecule has 0 N–H and O–H groups in total. The number of nitrogens with zero attached hydrogens (tertiary/aromatic N) is 1. The average Bonchev–Trinajstić information content (AvgIpc) is 3.03. The summed E-state index contributed by atoms with van der Waals surface area (Å²) in [5.74, 6) is 0.506. The first kappa shape index (κ1) is 34.4. The predicted octanol–water partition coefficient (Wildman–Crippen LogP) is 10.4. The van der Waals surface area contributed by atoms with Crippen molar-refractivity contribution in [1.82, 2.24) is 0 Å². The average molecular weight is 576 g/mol. The summed E-state index contributed by atoms with van der Waals surface area (Å²) in [5.41, 5.74) is -0.533. The van der Waals surface area contributed by atoms with Crippen molar-refractivity contribution in [2.24, 2.45) is 0 Å². The molecule has 9 heteroatoms. The van der Waals surface area contributed by atoms with Crippen molar-refractivity contribution in [1.29, 1.82) is 0 Å². The Balaban J connectivity index is 0.000000839. The van der Waals surface area contributed by atoms with E-state index in [0.29, 0.717) is 16.9 Å². The van der Waals surface area contributed by atoms with E-state index >= 15 is 0 Å². The Bertz CT molecular complexity index is 1090. The van der Waals surface area contributed by atoms with Gasteiger partial charge in [-0.15, -0.1) is 0 Å². The van der Waals surface area contributed by atoms with Crippen molar-refractivity contribution in [2.45, 2.75) is 78.0 Å². The highest BCUT2D eigenvalue weighted by Crippen LogP contribution is 2.46. The van der Waals surface area contributed by atoms with E-state index in [9.17, 15) is 22.0 Å². The smallest absolute Gasteiger partial charge is 0.416 e.